The molecule has 2 atom stereocenters. The molecule has 0 unspecified atom stereocenters. The summed E-state index contributed by atoms with van der Waals surface area (Å²) in [6, 6.07) is 17.4. The van der Waals surface area contributed by atoms with E-state index >= 15 is 0 Å². The molecule has 2 saturated heterocycles. The minimum absolute atomic E-state index is 0.0134. The zero-order valence-electron chi connectivity index (χ0n) is 15.5. The van der Waals surface area contributed by atoms with Gasteiger partial charge in [0.15, 0.2) is 9.84 Å². The van der Waals surface area contributed by atoms with Gasteiger partial charge >= 0.3 is 0 Å². The van der Waals surface area contributed by atoms with Gasteiger partial charge in [0, 0.05) is 17.9 Å². The first-order chi connectivity index (χ1) is 13.1. The second-order valence-corrected chi connectivity index (χ2v) is 11.1. The Hall–Kier alpha value is -1.65. The van der Waals surface area contributed by atoms with Crippen molar-refractivity contribution in [2.75, 3.05) is 18.8 Å². The quantitative estimate of drug-likeness (QED) is 0.758. The summed E-state index contributed by atoms with van der Waals surface area (Å²) in [4.78, 5) is 2.51. The van der Waals surface area contributed by atoms with Gasteiger partial charge in [-0.25, -0.2) is 8.42 Å². The van der Waals surface area contributed by atoms with E-state index < -0.39 is 14.6 Å². The highest BCUT2D eigenvalue weighted by Gasteiger charge is 2.70. The van der Waals surface area contributed by atoms with Gasteiger partial charge in [-0.05, 0) is 54.6 Å². The molecular formula is C23H25NO2S. The highest BCUT2D eigenvalue weighted by atomic mass is 32.2. The third-order valence-corrected chi connectivity index (χ3v) is 10.3. The number of likely N-dealkylation sites (tertiary alicyclic amines) is 1. The third kappa shape index (κ3) is 1.93. The minimum atomic E-state index is -3.10. The van der Waals surface area contributed by atoms with E-state index in [9.17, 15) is 8.42 Å². The Morgan fingerprint density at radius 2 is 1.37 bits per heavy atom. The van der Waals surface area contributed by atoms with Crippen LogP contribution in [0.25, 0.3) is 0 Å². The Morgan fingerprint density at radius 1 is 0.815 bits per heavy atom. The second-order valence-electron chi connectivity index (χ2n) is 8.80. The van der Waals surface area contributed by atoms with Gasteiger partial charge in [-0.15, -0.1) is 0 Å². The van der Waals surface area contributed by atoms with Crippen LogP contribution < -0.4 is 0 Å². The summed E-state index contributed by atoms with van der Waals surface area (Å²) in [5, 5.41) is 0. The van der Waals surface area contributed by atoms with Crippen molar-refractivity contribution < 1.29 is 8.42 Å². The number of hydrogen-bond acceptors (Lipinski definition) is 3. The minimum Gasteiger partial charge on any atom is -0.298 e. The van der Waals surface area contributed by atoms with Crippen molar-refractivity contribution in [3.05, 3.63) is 70.8 Å². The number of nitrogens with zero attached hydrogens (tertiary/aromatic N) is 1. The molecule has 140 valence electrons. The number of benzene rings is 2. The van der Waals surface area contributed by atoms with Crippen LogP contribution in [0.2, 0.25) is 0 Å². The van der Waals surface area contributed by atoms with E-state index in [1.807, 2.05) is 0 Å². The normalized spacial score (nSPS) is 36.1. The molecule has 2 aliphatic heterocycles. The van der Waals surface area contributed by atoms with Crippen LogP contribution >= 0.6 is 0 Å². The zero-order chi connectivity index (χ0) is 18.2. The summed E-state index contributed by atoms with van der Waals surface area (Å²) in [5.74, 6) is 0.547. The Balaban J connectivity index is 1.58. The molecule has 4 heteroatoms. The fourth-order valence-corrected chi connectivity index (χ4v) is 9.21. The third-order valence-electron chi connectivity index (χ3n) is 7.73. The Bertz CT molecular complexity index is 977. The van der Waals surface area contributed by atoms with E-state index in [-0.39, 0.29) is 17.9 Å². The average molecular weight is 380 g/mol. The van der Waals surface area contributed by atoms with E-state index in [1.54, 1.807) is 0 Å². The highest BCUT2D eigenvalue weighted by Crippen LogP contribution is 2.64. The Kier molecular flexibility index (Phi) is 3.29. The van der Waals surface area contributed by atoms with E-state index in [4.69, 9.17) is 0 Å². The molecule has 0 saturated carbocycles. The lowest BCUT2D eigenvalue weighted by Gasteiger charge is -2.63. The number of rotatable bonds is 1. The number of sulfone groups is 1. The number of hydrogen-bond donors (Lipinski definition) is 0. The average Bonchev–Trinajstić information content (AvgIpc) is 2.72. The second kappa shape index (κ2) is 5.45. The molecule has 3 aliphatic carbocycles. The maximum atomic E-state index is 13.4. The lowest BCUT2D eigenvalue weighted by atomic mass is 9.56. The molecule has 0 amide bonds. The molecule has 0 N–H and O–H groups in total. The standard InChI is InChI=1S/C23H25NO2S/c25-27(26)15-21(24-12-6-1-7-13-24)23(27)14-20-16-8-2-4-10-18(16)22(23)19-11-5-3-9-17(19)20/h2-5,8-11,20-22H,1,6-7,12-15H2/t20?,21-,22?,23-/m1/s1. The van der Waals surface area contributed by atoms with Crippen molar-refractivity contribution in [2.24, 2.45) is 0 Å². The first-order valence-corrected chi connectivity index (χ1v) is 11.9. The van der Waals surface area contributed by atoms with Crippen molar-refractivity contribution in [3.63, 3.8) is 0 Å². The largest absolute Gasteiger partial charge is 0.298 e. The van der Waals surface area contributed by atoms with Crippen LogP contribution in [0.15, 0.2) is 48.5 Å². The highest BCUT2D eigenvalue weighted by molar-refractivity contribution is 7.94. The SMILES string of the molecule is O=S1(=O)C[C@@H](N2CCCCC2)[C@@]12CC1c3ccccc3C2c2ccccc21. The van der Waals surface area contributed by atoms with Gasteiger partial charge in [-0.1, -0.05) is 55.0 Å². The lowest BCUT2D eigenvalue weighted by Crippen LogP contribution is -2.74. The molecule has 0 radical (unpaired) electrons. The zero-order valence-corrected chi connectivity index (χ0v) is 16.3. The Morgan fingerprint density at radius 3 is 1.93 bits per heavy atom. The predicted molar refractivity (Wildman–Crippen MR) is 107 cm³/mol. The van der Waals surface area contributed by atoms with E-state index in [2.05, 4.69) is 53.4 Å². The van der Waals surface area contributed by atoms with Crippen LogP contribution in [-0.4, -0.2) is 42.9 Å². The van der Waals surface area contributed by atoms with Gasteiger partial charge < -0.3 is 0 Å². The smallest absolute Gasteiger partial charge is 0.160 e. The summed E-state index contributed by atoms with van der Waals surface area (Å²) in [6.45, 7) is 2.12. The van der Waals surface area contributed by atoms with Gasteiger partial charge in [0.1, 0.15) is 4.75 Å². The van der Waals surface area contributed by atoms with Crippen molar-refractivity contribution >= 4 is 9.84 Å². The molecule has 0 aromatic heterocycles. The van der Waals surface area contributed by atoms with Crippen molar-refractivity contribution in [2.45, 2.75) is 48.3 Å². The van der Waals surface area contributed by atoms with Crippen LogP contribution in [0.1, 0.15) is 59.8 Å². The van der Waals surface area contributed by atoms with E-state index in [1.165, 1.54) is 41.5 Å². The molecule has 2 fully saturated rings. The monoisotopic (exact) mass is 379 g/mol. The molecule has 2 heterocycles. The molecule has 3 nitrogen and oxygen atoms in total. The molecule has 2 aromatic rings. The number of piperidine rings is 1. The summed E-state index contributed by atoms with van der Waals surface area (Å²) in [7, 11) is -3.10. The van der Waals surface area contributed by atoms with Crippen molar-refractivity contribution in [1.82, 2.24) is 4.90 Å². The molecular weight excluding hydrogens is 354 g/mol. The predicted octanol–water partition coefficient (Wildman–Crippen LogP) is 3.69. The summed E-state index contributed by atoms with van der Waals surface area (Å²) in [5.41, 5.74) is 5.23. The molecule has 5 aliphatic rings. The summed E-state index contributed by atoms with van der Waals surface area (Å²) >= 11 is 0. The maximum absolute atomic E-state index is 13.4. The summed E-state index contributed by atoms with van der Waals surface area (Å²) < 4.78 is 26.2. The van der Waals surface area contributed by atoms with Gasteiger partial charge in [0.05, 0.1) is 5.75 Å². The van der Waals surface area contributed by atoms with Crippen LogP contribution in [0.3, 0.4) is 0 Å². The summed E-state index contributed by atoms with van der Waals surface area (Å²) in [6.07, 6.45) is 4.44. The van der Waals surface area contributed by atoms with E-state index in [0.29, 0.717) is 5.75 Å². The van der Waals surface area contributed by atoms with E-state index in [0.717, 1.165) is 19.5 Å². The molecule has 7 rings (SSSR count). The van der Waals surface area contributed by atoms with Gasteiger partial charge in [-0.2, -0.15) is 0 Å². The van der Waals surface area contributed by atoms with Gasteiger partial charge in [0.2, 0.25) is 0 Å². The van der Waals surface area contributed by atoms with Crippen LogP contribution in [-0.2, 0) is 9.84 Å². The first-order valence-electron chi connectivity index (χ1n) is 10.3. The van der Waals surface area contributed by atoms with Gasteiger partial charge in [0.25, 0.3) is 0 Å². The van der Waals surface area contributed by atoms with Crippen LogP contribution in [0.4, 0.5) is 0 Å². The molecule has 1 spiro atoms. The lowest BCUT2D eigenvalue weighted by molar-refractivity contribution is 0.102. The first kappa shape index (κ1) is 16.3. The van der Waals surface area contributed by atoms with Crippen molar-refractivity contribution in [3.8, 4) is 0 Å². The molecule has 2 aromatic carbocycles. The van der Waals surface area contributed by atoms with Crippen LogP contribution in [0.5, 0.6) is 0 Å². The Labute approximate surface area is 161 Å². The molecule has 27 heavy (non-hydrogen) atoms. The maximum Gasteiger partial charge on any atom is 0.160 e. The fourth-order valence-electron chi connectivity index (χ4n) is 6.59. The fraction of sp³-hybridized carbons (Fsp3) is 0.478. The topological polar surface area (TPSA) is 37.4 Å². The van der Waals surface area contributed by atoms with Crippen molar-refractivity contribution in [1.29, 1.82) is 0 Å². The van der Waals surface area contributed by atoms with Gasteiger partial charge in [-0.3, -0.25) is 4.90 Å². The van der Waals surface area contributed by atoms with Crippen LogP contribution in [0, 0.1) is 0 Å². The molecule has 2 bridgehead atoms.